The molecule has 0 fully saturated rings. The van der Waals surface area contributed by atoms with Crippen LogP contribution in [-0.4, -0.2) is 30.4 Å². The Morgan fingerprint density at radius 2 is 1.81 bits per heavy atom. The number of hydrogen-bond donors (Lipinski definition) is 1. The summed E-state index contributed by atoms with van der Waals surface area (Å²) < 4.78 is 15.3. The van der Waals surface area contributed by atoms with Gasteiger partial charge in [0, 0.05) is 10.6 Å². The van der Waals surface area contributed by atoms with E-state index in [1.54, 1.807) is 49.6 Å². The van der Waals surface area contributed by atoms with Gasteiger partial charge in [-0.1, -0.05) is 23.7 Å². The van der Waals surface area contributed by atoms with Gasteiger partial charge in [0.05, 0.1) is 20.6 Å². The minimum Gasteiger partial charge on any atom is -0.493 e. The maximum absolute atomic E-state index is 12.3. The SMILES string of the molecule is COc1ccc(-c2nonc2NC(=O)Cc2ccc(Cl)cc2)cc1OC. The van der Waals surface area contributed by atoms with Crippen molar-refractivity contribution in [3.05, 3.63) is 53.1 Å². The molecule has 2 aromatic carbocycles. The Labute approximate surface area is 154 Å². The largest absolute Gasteiger partial charge is 0.493 e. The van der Waals surface area contributed by atoms with Crippen LogP contribution in [0.5, 0.6) is 11.5 Å². The second-order valence-corrected chi connectivity index (χ2v) is 5.82. The Kier molecular flexibility index (Phi) is 5.38. The number of carbonyl (C=O) groups is 1. The minimum absolute atomic E-state index is 0.176. The Balaban J connectivity index is 1.78. The van der Waals surface area contributed by atoms with Crippen LogP contribution in [0, 0.1) is 0 Å². The molecule has 26 heavy (non-hydrogen) atoms. The molecular formula is C18H16ClN3O4. The fourth-order valence-electron chi connectivity index (χ4n) is 2.41. The van der Waals surface area contributed by atoms with Crippen LogP contribution in [0.15, 0.2) is 47.1 Å². The average molecular weight is 374 g/mol. The van der Waals surface area contributed by atoms with Crippen LogP contribution < -0.4 is 14.8 Å². The number of aromatic nitrogens is 2. The van der Waals surface area contributed by atoms with Gasteiger partial charge in [0.25, 0.3) is 0 Å². The lowest BCUT2D eigenvalue weighted by Crippen LogP contribution is -2.15. The van der Waals surface area contributed by atoms with Crippen molar-refractivity contribution < 1.29 is 18.9 Å². The first-order chi connectivity index (χ1) is 12.6. The van der Waals surface area contributed by atoms with Gasteiger partial charge in [-0.2, -0.15) is 0 Å². The average Bonchev–Trinajstić information content (AvgIpc) is 3.11. The van der Waals surface area contributed by atoms with Crippen molar-refractivity contribution in [3.8, 4) is 22.8 Å². The van der Waals surface area contributed by atoms with E-state index in [9.17, 15) is 4.79 Å². The molecule has 0 radical (unpaired) electrons. The maximum Gasteiger partial charge on any atom is 0.230 e. The van der Waals surface area contributed by atoms with Gasteiger partial charge in [-0.15, -0.1) is 0 Å². The fraction of sp³-hybridized carbons (Fsp3) is 0.167. The smallest absolute Gasteiger partial charge is 0.230 e. The highest BCUT2D eigenvalue weighted by Gasteiger charge is 2.17. The molecule has 0 aliphatic rings. The van der Waals surface area contributed by atoms with Crippen molar-refractivity contribution in [2.75, 3.05) is 19.5 Å². The van der Waals surface area contributed by atoms with Gasteiger partial charge in [0.15, 0.2) is 17.2 Å². The van der Waals surface area contributed by atoms with Crippen molar-refractivity contribution in [1.82, 2.24) is 10.3 Å². The standard InChI is InChI=1S/C18H16ClN3O4/c1-24-14-8-5-12(10-15(14)25-2)17-18(22-26-21-17)20-16(23)9-11-3-6-13(19)7-4-11/h3-8,10H,9H2,1-2H3,(H,20,22,23). The highest BCUT2D eigenvalue weighted by molar-refractivity contribution is 6.30. The van der Waals surface area contributed by atoms with Crippen LogP contribution in [0.25, 0.3) is 11.3 Å². The summed E-state index contributed by atoms with van der Waals surface area (Å²) in [4.78, 5) is 12.3. The van der Waals surface area contributed by atoms with E-state index in [0.717, 1.165) is 5.56 Å². The lowest BCUT2D eigenvalue weighted by molar-refractivity contribution is -0.115. The lowest BCUT2D eigenvalue weighted by atomic mass is 10.1. The molecule has 3 rings (SSSR count). The van der Waals surface area contributed by atoms with Crippen LogP contribution in [-0.2, 0) is 11.2 Å². The van der Waals surface area contributed by atoms with Crippen molar-refractivity contribution in [2.24, 2.45) is 0 Å². The predicted molar refractivity (Wildman–Crippen MR) is 96.6 cm³/mol. The number of rotatable bonds is 6. The van der Waals surface area contributed by atoms with E-state index in [2.05, 4.69) is 15.6 Å². The van der Waals surface area contributed by atoms with E-state index < -0.39 is 0 Å². The Bertz CT molecular complexity index is 909. The highest BCUT2D eigenvalue weighted by atomic mass is 35.5. The number of nitrogens with one attached hydrogen (secondary N) is 1. The van der Waals surface area contributed by atoms with Crippen molar-refractivity contribution >= 4 is 23.3 Å². The van der Waals surface area contributed by atoms with Crippen LogP contribution in [0.3, 0.4) is 0 Å². The highest BCUT2D eigenvalue weighted by Crippen LogP contribution is 2.33. The number of anilines is 1. The second-order valence-electron chi connectivity index (χ2n) is 5.38. The van der Waals surface area contributed by atoms with Gasteiger partial charge >= 0.3 is 0 Å². The van der Waals surface area contributed by atoms with Crippen LogP contribution in [0.2, 0.25) is 5.02 Å². The number of carbonyl (C=O) groups excluding carboxylic acids is 1. The number of benzene rings is 2. The fourth-order valence-corrected chi connectivity index (χ4v) is 2.53. The molecule has 134 valence electrons. The molecule has 0 atom stereocenters. The van der Waals surface area contributed by atoms with E-state index in [0.29, 0.717) is 27.8 Å². The summed E-state index contributed by atoms with van der Waals surface area (Å²) in [7, 11) is 3.09. The number of ether oxygens (including phenoxy) is 2. The zero-order chi connectivity index (χ0) is 18.5. The van der Waals surface area contributed by atoms with E-state index in [1.165, 1.54) is 7.11 Å². The Morgan fingerprint density at radius 3 is 2.50 bits per heavy atom. The number of methoxy groups -OCH3 is 2. The molecule has 1 heterocycles. The van der Waals surface area contributed by atoms with Crippen molar-refractivity contribution in [2.45, 2.75) is 6.42 Å². The first kappa shape index (κ1) is 17.8. The van der Waals surface area contributed by atoms with Crippen LogP contribution >= 0.6 is 11.6 Å². The van der Waals surface area contributed by atoms with E-state index in [4.69, 9.17) is 25.7 Å². The molecule has 7 nitrogen and oxygen atoms in total. The zero-order valence-electron chi connectivity index (χ0n) is 14.2. The van der Waals surface area contributed by atoms with Gasteiger partial charge in [0.1, 0.15) is 0 Å². The monoisotopic (exact) mass is 373 g/mol. The summed E-state index contributed by atoms with van der Waals surface area (Å²) in [6.07, 6.45) is 0.176. The second kappa shape index (κ2) is 7.88. The molecule has 0 saturated carbocycles. The van der Waals surface area contributed by atoms with E-state index in [-0.39, 0.29) is 18.1 Å². The molecule has 8 heteroatoms. The quantitative estimate of drug-likeness (QED) is 0.710. The molecule has 1 aromatic heterocycles. The molecular weight excluding hydrogens is 358 g/mol. The Hall–Kier alpha value is -3.06. The third-order valence-corrected chi connectivity index (χ3v) is 3.93. The zero-order valence-corrected chi connectivity index (χ0v) is 14.9. The van der Waals surface area contributed by atoms with E-state index in [1.807, 2.05) is 0 Å². The topological polar surface area (TPSA) is 86.5 Å². The summed E-state index contributed by atoms with van der Waals surface area (Å²) >= 11 is 5.85. The number of nitrogens with zero attached hydrogens (tertiary/aromatic N) is 2. The van der Waals surface area contributed by atoms with Gasteiger partial charge in [-0.25, -0.2) is 4.63 Å². The van der Waals surface area contributed by atoms with Gasteiger partial charge in [-0.3, -0.25) is 4.79 Å². The van der Waals surface area contributed by atoms with Crippen LogP contribution in [0.4, 0.5) is 5.82 Å². The summed E-state index contributed by atoms with van der Waals surface area (Å²) in [5.74, 6) is 1.11. The minimum atomic E-state index is -0.246. The van der Waals surface area contributed by atoms with E-state index >= 15 is 0 Å². The third kappa shape index (κ3) is 3.94. The summed E-state index contributed by atoms with van der Waals surface area (Å²) in [6, 6.07) is 12.3. The number of amides is 1. The Morgan fingerprint density at radius 1 is 1.08 bits per heavy atom. The molecule has 0 unspecified atom stereocenters. The van der Waals surface area contributed by atoms with Gasteiger partial charge in [0.2, 0.25) is 11.7 Å². The maximum atomic E-state index is 12.3. The molecule has 1 amide bonds. The lowest BCUT2D eigenvalue weighted by Gasteiger charge is -2.09. The van der Waals surface area contributed by atoms with Crippen molar-refractivity contribution in [1.29, 1.82) is 0 Å². The summed E-state index contributed by atoms with van der Waals surface area (Å²) in [6.45, 7) is 0. The normalized spacial score (nSPS) is 10.4. The van der Waals surface area contributed by atoms with Crippen molar-refractivity contribution in [3.63, 3.8) is 0 Å². The summed E-state index contributed by atoms with van der Waals surface area (Å²) in [5, 5.41) is 11.0. The molecule has 3 aromatic rings. The van der Waals surface area contributed by atoms with Gasteiger partial charge < -0.3 is 14.8 Å². The molecule has 0 aliphatic heterocycles. The molecule has 0 aliphatic carbocycles. The molecule has 1 N–H and O–H groups in total. The van der Waals surface area contributed by atoms with Gasteiger partial charge in [-0.05, 0) is 46.2 Å². The number of hydrogen-bond acceptors (Lipinski definition) is 6. The molecule has 0 spiro atoms. The predicted octanol–water partition coefficient (Wildman–Crippen LogP) is 3.59. The first-order valence-corrected chi connectivity index (χ1v) is 8.07. The van der Waals surface area contributed by atoms with Crippen LogP contribution in [0.1, 0.15) is 5.56 Å². The third-order valence-electron chi connectivity index (χ3n) is 3.68. The first-order valence-electron chi connectivity index (χ1n) is 7.70. The molecule has 0 bridgehead atoms. The molecule has 0 saturated heterocycles. The summed E-state index contributed by atoms with van der Waals surface area (Å²) in [5.41, 5.74) is 1.90. The number of halogens is 1.